The Bertz CT molecular complexity index is 568. The van der Waals surface area contributed by atoms with Crippen LogP contribution in [-0.4, -0.2) is 39.7 Å². The van der Waals surface area contributed by atoms with Gasteiger partial charge in [0.05, 0.1) is 19.3 Å². The number of carbonyl (C=O) groups is 1. The molecule has 0 amide bonds. The molecule has 2 bridgehead atoms. The van der Waals surface area contributed by atoms with Crippen LogP contribution in [-0.2, 0) is 23.7 Å². The van der Waals surface area contributed by atoms with Crippen LogP contribution in [0.25, 0.3) is 0 Å². The van der Waals surface area contributed by atoms with E-state index in [1.165, 1.54) is 26.4 Å². The SMILES string of the molecule is CCCCCC(/C=C/C1C2CC(OO2)C1C/C=C\CCCC(=O)OC)O[Si](C)(C)C. The molecule has 0 aromatic carbocycles. The number of allylic oxidation sites excluding steroid dienone is 2. The molecule has 5 unspecified atom stereocenters. The van der Waals surface area contributed by atoms with Crippen LogP contribution < -0.4 is 0 Å². The zero-order valence-corrected chi connectivity index (χ0v) is 20.6. The van der Waals surface area contributed by atoms with Gasteiger partial charge in [0, 0.05) is 24.7 Å². The normalized spacial score (nSPS) is 27.4. The first kappa shape index (κ1) is 25.3. The highest BCUT2D eigenvalue weighted by Crippen LogP contribution is 2.45. The van der Waals surface area contributed by atoms with Crippen LogP contribution in [0.2, 0.25) is 19.6 Å². The predicted molar refractivity (Wildman–Crippen MR) is 122 cm³/mol. The van der Waals surface area contributed by atoms with Crippen molar-refractivity contribution in [1.82, 2.24) is 0 Å². The summed E-state index contributed by atoms with van der Waals surface area (Å²) in [6.07, 6.45) is 18.6. The van der Waals surface area contributed by atoms with Gasteiger partial charge in [-0.2, -0.15) is 0 Å². The van der Waals surface area contributed by atoms with E-state index in [-0.39, 0.29) is 24.3 Å². The van der Waals surface area contributed by atoms with Crippen molar-refractivity contribution < 1.29 is 23.7 Å². The molecule has 6 heteroatoms. The Kier molecular flexibility index (Phi) is 10.8. The molecular weight excluding hydrogens is 396 g/mol. The van der Waals surface area contributed by atoms with Gasteiger partial charge >= 0.3 is 5.97 Å². The zero-order chi connectivity index (χ0) is 22.0. The minimum Gasteiger partial charge on any atom is -0.469 e. The van der Waals surface area contributed by atoms with E-state index in [0.717, 1.165) is 32.1 Å². The number of methoxy groups -OCH3 is 1. The zero-order valence-electron chi connectivity index (χ0n) is 19.6. The molecular formula is C24H42O5Si. The summed E-state index contributed by atoms with van der Waals surface area (Å²) in [6, 6.07) is 0. The summed E-state index contributed by atoms with van der Waals surface area (Å²) >= 11 is 0. The number of ether oxygens (including phenoxy) is 1. The predicted octanol–water partition coefficient (Wildman–Crippen LogP) is 5.97. The Morgan fingerprint density at radius 2 is 1.90 bits per heavy atom. The van der Waals surface area contributed by atoms with Gasteiger partial charge in [-0.3, -0.25) is 4.79 Å². The Morgan fingerprint density at radius 1 is 1.13 bits per heavy atom. The average molecular weight is 439 g/mol. The van der Waals surface area contributed by atoms with Crippen molar-refractivity contribution in [3.63, 3.8) is 0 Å². The molecule has 30 heavy (non-hydrogen) atoms. The Morgan fingerprint density at radius 3 is 2.60 bits per heavy atom. The first-order valence-corrected chi connectivity index (χ1v) is 15.1. The van der Waals surface area contributed by atoms with Crippen molar-refractivity contribution in [3.8, 4) is 0 Å². The number of rotatable bonds is 14. The maximum atomic E-state index is 11.2. The van der Waals surface area contributed by atoms with Gasteiger partial charge in [0.15, 0.2) is 8.32 Å². The van der Waals surface area contributed by atoms with Crippen LogP contribution in [0.15, 0.2) is 24.3 Å². The maximum absolute atomic E-state index is 11.2. The van der Waals surface area contributed by atoms with Crippen molar-refractivity contribution in [3.05, 3.63) is 24.3 Å². The van der Waals surface area contributed by atoms with Crippen molar-refractivity contribution in [2.45, 2.75) is 103 Å². The van der Waals surface area contributed by atoms with E-state index in [0.29, 0.717) is 18.3 Å². The summed E-state index contributed by atoms with van der Waals surface area (Å²) < 4.78 is 11.1. The fourth-order valence-corrected chi connectivity index (χ4v) is 5.46. The smallest absolute Gasteiger partial charge is 0.305 e. The Labute approximate surface area is 184 Å². The van der Waals surface area contributed by atoms with Crippen LogP contribution in [0.3, 0.4) is 0 Å². The van der Waals surface area contributed by atoms with Gasteiger partial charge in [-0.05, 0) is 45.3 Å². The van der Waals surface area contributed by atoms with Gasteiger partial charge in [-0.15, -0.1) is 0 Å². The first-order valence-electron chi connectivity index (χ1n) is 11.7. The summed E-state index contributed by atoms with van der Waals surface area (Å²) in [5.41, 5.74) is 0. The van der Waals surface area contributed by atoms with E-state index in [1.807, 2.05) is 0 Å². The second kappa shape index (κ2) is 12.8. The third kappa shape index (κ3) is 8.65. The number of esters is 1. The minimum atomic E-state index is -1.59. The summed E-state index contributed by atoms with van der Waals surface area (Å²) in [7, 11) is -0.150. The fourth-order valence-electron chi connectivity index (χ4n) is 4.35. The van der Waals surface area contributed by atoms with E-state index < -0.39 is 8.32 Å². The molecule has 0 spiro atoms. The topological polar surface area (TPSA) is 54.0 Å². The molecule has 1 saturated heterocycles. The highest BCUT2D eigenvalue weighted by molar-refractivity contribution is 6.69. The van der Waals surface area contributed by atoms with E-state index in [9.17, 15) is 4.79 Å². The average Bonchev–Trinajstić information content (AvgIpc) is 3.29. The monoisotopic (exact) mass is 438 g/mol. The van der Waals surface area contributed by atoms with Crippen LogP contribution in [0.5, 0.6) is 0 Å². The molecule has 2 aliphatic rings. The molecule has 0 N–H and O–H groups in total. The third-order valence-electron chi connectivity index (χ3n) is 5.87. The molecule has 1 aliphatic carbocycles. The Hall–Kier alpha value is -0.953. The number of unbranched alkanes of at least 4 members (excludes halogenated alkanes) is 3. The van der Waals surface area contributed by atoms with Gasteiger partial charge in [-0.1, -0.05) is 50.5 Å². The van der Waals surface area contributed by atoms with E-state index >= 15 is 0 Å². The van der Waals surface area contributed by atoms with E-state index in [1.54, 1.807) is 0 Å². The summed E-state index contributed by atoms with van der Waals surface area (Å²) in [4.78, 5) is 22.3. The highest BCUT2D eigenvalue weighted by Gasteiger charge is 2.49. The molecule has 0 radical (unpaired) electrons. The minimum absolute atomic E-state index is 0.138. The lowest BCUT2D eigenvalue weighted by molar-refractivity contribution is -0.336. The van der Waals surface area contributed by atoms with Crippen LogP contribution in [0.4, 0.5) is 0 Å². The number of carbonyl (C=O) groups excluding carboxylic acids is 1. The van der Waals surface area contributed by atoms with Crippen LogP contribution in [0, 0.1) is 11.8 Å². The molecule has 2 fully saturated rings. The molecule has 2 rings (SSSR count). The van der Waals surface area contributed by atoms with Gasteiger partial charge in [0.2, 0.25) is 0 Å². The van der Waals surface area contributed by atoms with Gasteiger partial charge in [-0.25, -0.2) is 9.78 Å². The molecule has 1 heterocycles. The lowest BCUT2D eigenvalue weighted by Gasteiger charge is -2.28. The summed E-state index contributed by atoms with van der Waals surface area (Å²) in [6.45, 7) is 9.02. The van der Waals surface area contributed by atoms with Gasteiger partial charge in [0.1, 0.15) is 6.10 Å². The van der Waals surface area contributed by atoms with Crippen molar-refractivity contribution >= 4 is 14.3 Å². The lowest BCUT2D eigenvalue weighted by atomic mass is 9.89. The highest BCUT2D eigenvalue weighted by atomic mass is 28.4. The second-order valence-electron chi connectivity index (χ2n) is 9.57. The number of fused-ring (bicyclic) bond motifs is 2. The van der Waals surface area contributed by atoms with E-state index in [2.05, 4.69) is 55.6 Å². The molecule has 1 aliphatic heterocycles. The van der Waals surface area contributed by atoms with Crippen LogP contribution >= 0.6 is 0 Å². The quantitative estimate of drug-likeness (QED) is 0.110. The van der Waals surface area contributed by atoms with Gasteiger partial charge < -0.3 is 9.16 Å². The molecule has 0 aromatic rings. The molecule has 5 atom stereocenters. The standard InChI is InChI=1S/C24H42O5Si/c1-6-7-10-13-19(29-30(3,4)5)16-17-21-20(22-18-23(21)28-27-22)14-11-8-9-12-15-24(25)26-2/h8,11,16-17,19-23H,6-7,9-10,12-15,18H2,1-5H3/b11-8-,17-16+. The number of hydrogen-bond donors (Lipinski definition) is 0. The number of hydrogen-bond acceptors (Lipinski definition) is 5. The first-order chi connectivity index (χ1) is 14.3. The van der Waals surface area contributed by atoms with E-state index in [4.69, 9.17) is 14.2 Å². The van der Waals surface area contributed by atoms with Gasteiger partial charge in [0.25, 0.3) is 0 Å². The molecule has 0 aromatic heterocycles. The fraction of sp³-hybridized carbons (Fsp3) is 0.792. The summed E-state index contributed by atoms with van der Waals surface area (Å²) in [5.74, 6) is 0.684. The van der Waals surface area contributed by atoms with Crippen molar-refractivity contribution in [2.75, 3.05) is 7.11 Å². The van der Waals surface area contributed by atoms with Crippen molar-refractivity contribution in [1.29, 1.82) is 0 Å². The van der Waals surface area contributed by atoms with Crippen molar-refractivity contribution in [2.24, 2.45) is 11.8 Å². The lowest BCUT2D eigenvalue weighted by Crippen LogP contribution is -2.32. The molecule has 5 nitrogen and oxygen atoms in total. The largest absolute Gasteiger partial charge is 0.469 e. The Balaban J connectivity index is 1.89. The maximum Gasteiger partial charge on any atom is 0.305 e. The molecule has 172 valence electrons. The van der Waals surface area contributed by atoms with Crippen LogP contribution in [0.1, 0.15) is 64.7 Å². The second-order valence-corrected chi connectivity index (χ2v) is 14.0. The molecule has 1 saturated carbocycles. The third-order valence-corrected chi connectivity index (χ3v) is 6.88. The summed E-state index contributed by atoms with van der Waals surface area (Å²) in [5, 5.41) is 0.